The zero-order chi connectivity index (χ0) is 55.4. The van der Waals surface area contributed by atoms with Gasteiger partial charge < -0.3 is 85.1 Å². The lowest BCUT2D eigenvalue weighted by molar-refractivity contribution is -0.142. The van der Waals surface area contributed by atoms with Crippen LogP contribution in [0.4, 0.5) is 0 Å². The summed E-state index contributed by atoms with van der Waals surface area (Å²) in [5, 5.41) is 78.7. The first-order chi connectivity index (χ1) is 35.6. The SMILES string of the molecule is C[C@H](O)[C@H](NC(=O)[C@H](NC(=O)[C@@H](NC(=O)[C@H](NC(=O)[C@@H](CCCN)NC(=O)[C@H](N)c1ccc(O)cc1)[C@@H](C)O)c1ccc(O)cc1)c1ccc(O)cc1)C(=O)N[C@@H](Cc1ccccc1)C(=O)N[C@H](CCCN)C(=O)O. The van der Waals surface area contributed by atoms with Gasteiger partial charge in [0.05, 0.1) is 12.2 Å². The molecule has 0 aliphatic carbocycles. The predicted molar refractivity (Wildman–Crippen MR) is 270 cm³/mol. The Labute approximate surface area is 431 Å². The molecule has 4 aromatic rings. The number of amides is 7. The molecule has 0 unspecified atom stereocenters. The summed E-state index contributed by atoms with van der Waals surface area (Å²) in [6.07, 6.45) is -3.05. The molecule has 0 aromatic heterocycles. The van der Waals surface area contributed by atoms with Gasteiger partial charge >= 0.3 is 5.97 Å². The molecule has 7 amide bonds. The van der Waals surface area contributed by atoms with Crippen LogP contribution in [0.2, 0.25) is 0 Å². The molecule has 4 aromatic carbocycles. The van der Waals surface area contributed by atoms with E-state index < -0.39 is 108 Å². The third-order valence-corrected chi connectivity index (χ3v) is 11.8. The average Bonchev–Trinajstić information content (AvgIpc) is 3.38. The fourth-order valence-electron chi connectivity index (χ4n) is 7.55. The van der Waals surface area contributed by atoms with E-state index >= 15 is 0 Å². The summed E-state index contributed by atoms with van der Waals surface area (Å²) in [5.74, 6) is -9.03. The zero-order valence-corrected chi connectivity index (χ0v) is 41.2. The van der Waals surface area contributed by atoms with Gasteiger partial charge in [-0.2, -0.15) is 0 Å². The van der Waals surface area contributed by atoms with E-state index in [1.807, 2.05) is 0 Å². The molecule has 10 atom stereocenters. The van der Waals surface area contributed by atoms with E-state index in [-0.39, 0.29) is 73.6 Å². The zero-order valence-electron chi connectivity index (χ0n) is 41.2. The van der Waals surface area contributed by atoms with Crippen LogP contribution in [-0.2, 0) is 44.8 Å². The highest BCUT2D eigenvalue weighted by molar-refractivity contribution is 5.98. The van der Waals surface area contributed by atoms with Crippen molar-refractivity contribution in [2.75, 3.05) is 13.1 Å². The molecule has 0 aliphatic heterocycles. The summed E-state index contributed by atoms with van der Waals surface area (Å²) >= 11 is 0. The van der Waals surface area contributed by atoms with Crippen LogP contribution >= 0.6 is 0 Å². The second-order valence-electron chi connectivity index (χ2n) is 17.7. The number of rotatable bonds is 28. The number of carboxylic acid groups (broad SMARTS) is 1. The Bertz CT molecular complexity index is 2550. The molecule has 404 valence electrons. The number of nitrogens with one attached hydrogen (secondary N) is 7. The van der Waals surface area contributed by atoms with Gasteiger partial charge in [-0.15, -0.1) is 0 Å². The van der Waals surface area contributed by atoms with Gasteiger partial charge in [0.25, 0.3) is 0 Å². The monoisotopic (exact) mass is 1040 g/mol. The van der Waals surface area contributed by atoms with Gasteiger partial charge in [0.2, 0.25) is 41.4 Å². The van der Waals surface area contributed by atoms with Crippen LogP contribution in [-0.4, -0.2) is 133 Å². The number of phenols is 3. The third-order valence-electron chi connectivity index (χ3n) is 11.8. The number of aliphatic hydroxyl groups is 2. The van der Waals surface area contributed by atoms with Crippen molar-refractivity contribution >= 4 is 47.3 Å². The normalized spacial score (nSPS) is 15.1. The van der Waals surface area contributed by atoms with Crippen molar-refractivity contribution < 1.29 is 69.0 Å². The Morgan fingerprint density at radius 3 is 1.28 bits per heavy atom. The van der Waals surface area contributed by atoms with Crippen molar-refractivity contribution in [1.82, 2.24) is 37.2 Å². The van der Waals surface area contributed by atoms with E-state index in [0.717, 1.165) is 6.92 Å². The maximum absolute atomic E-state index is 14.6. The number of aromatic hydroxyl groups is 3. The number of aliphatic hydroxyl groups excluding tert-OH is 2. The van der Waals surface area contributed by atoms with E-state index in [9.17, 15) is 69.0 Å². The number of carbonyl (C=O) groups is 8. The fourth-order valence-corrected chi connectivity index (χ4v) is 7.55. The van der Waals surface area contributed by atoms with Gasteiger partial charge in [-0.05, 0) is 111 Å². The number of benzene rings is 4. The first-order valence-corrected chi connectivity index (χ1v) is 23.9. The molecule has 0 bridgehead atoms. The van der Waals surface area contributed by atoms with Gasteiger partial charge in [-0.3, -0.25) is 33.6 Å². The van der Waals surface area contributed by atoms with Crippen molar-refractivity contribution in [1.29, 1.82) is 0 Å². The Hall–Kier alpha value is -8.16. The molecule has 0 saturated heterocycles. The molecule has 19 N–H and O–H groups in total. The molecule has 0 fully saturated rings. The molecular weight excluding hydrogens is 977 g/mol. The summed E-state index contributed by atoms with van der Waals surface area (Å²) in [5.41, 5.74) is 18.3. The Morgan fingerprint density at radius 1 is 0.453 bits per heavy atom. The third kappa shape index (κ3) is 18.1. The lowest BCUT2D eigenvalue weighted by atomic mass is 10.0. The van der Waals surface area contributed by atoms with Crippen LogP contribution in [0.15, 0.2) is 103 Å². The Morgan fingerprint density at radius 2 is 0.827 bits per heavy atom. The molecule has 0 radical (unpaired) electrons. The summed E-state index contributed by atoms with van der Waals surface area (Å²) < 4.78 is 0. The molecule has 24 heteroatoms. The predicted octanol–water partition coefficient (Wildman–Crippen LogP) is -1.49. The van der Waals surface area contributed by atoms with E-state index in [4.69, 9.17) is 17.2 Å². The topological polar surface area (TPSA) is 420 Å². The first kappa shape index (κ1) is 59.4. The summed E-state index contributed by atoms with van der Waals surface area (Å²) in [4.78, 5) is 110. The Kier molecular flexibility index (Phi) is 22.9. The lowest BCUT2D eigenvalue weighted by Crippen LogP contribution is -2.60. The summed E-state index contributed by atoms with van der Waals surface area (Å²) in [6.45, 7) is 2.57. The number of aliphatic carboxylic acids is 1. The number of nitrogens with two attached hydrogens (primary N) is 3. The van der Waals surface area contributed by atoms with Crippen LogP contribution in [0.5, 0.6) is 17.2 Å². The maximum atomic E-state index is 14.6. The number of carbonyl (C=O) groups excluding carboxylic acids is 7. The van der Waals surface area contributed by atoms with Crippen LogP contribution in [0.3, 0.4) is 0 Å². The maximum Gasteiger partial charge on any atom is 0.326 e. The lowest BCUT2D eigenvalue weighted by Gasteiger charge is -2.29. The number of carboxylic acids is 1. The van der Waals surface area contributed by atoms with Gasteiger partial charge in [-0.25, -0.2) is 4.79 Å². The second-order valence-corrected chi connectivity index (χ2v) is 17.7. The Balaban J connectivity index is 1.63. The van der Waals surface area contributed by atoms with E-state index in [1.54, 1.807) is 30.3 Å². The smallest absolute Gasteiger partial charge is 0.326 e. The summed E-state index contributed by atoms with van der Waals surface area (Å²) in [7, 11) is 0. The van der Waals surface area contributed by atoms with Crippen LogP contribution in [0.1, 0.15) is 79.9 Å². The fraction of sp³-hybridized carbons (Fsp3) is 0.373. The highest BCUT2D eigenvalue weighted by atomic mass is 16.4. The molecule has 0 saturated carbocycles. The van der Waals surface area contributed by atoms with Crippen molar-refractivity contribution in [3.8, 4) is 17.2 Å². The number of hydrogen-bond donors (Lipinski definition) is 16. The van der Waals surface area contributed by atoms with Crippen molar-refractivity contribution in [2.24, 2.45) is 17.2 Å². The minimum Gasteiger partial charge on any atom is -0.508 e. The molecule has 75 heavy (non-hydrogen) atoms. The van der Waals surface area contributed by atoms with Gasteiger partial charge in [0.1, 0.15) is 65.6 Å². The average molecular weight is 1040 g/mol. The quantitative estimate of drug-likeness (QED) is 0.0308. The highest BCUT2D eigenvalue weighted by Gasteiger charge is 2.37. The minimum atomic E-state index is -1.84. The largest absolute Gasteiger partial charge is 0.508 e. The van der Waals surface area contributed by atoms with E-state index in [2.05, 4.69) is 37.2 Å². The van der Waals surface area contributed by atoms with Crippen LogP contribution in [0, 0.1) is 0 Å². The van der Waals surface area contributed by atoms with Gasteiger partial charge in [-0.1, -0.05) is 66.7 Å². The first-order valence-electron chi connectivity index (χ1n) is 23.9. The minimum absolute atomic E-state index is 0.00234. The number of hydrogen-bond acceptors (Lipinski definition) is 16. The van der Waals surface area contributed by atoms with Gasteiger partial charge in [0, 0.05) is 6.42 Å². The molecule has 0 heterocycles. The molecular formula is C51H66N10O14. The molecule has 0 aliphatic rings. The van der Waals surface area contributed by atoms with Crippen LogP contribution < -0.4 is 54.4 Å². The molecule has 24 nitrogen and oxygen atoms in total. The van der Waals surface area contributed by atoms with E-state index in [0.29, 0.717) is 11.1 Å². The highest BCUT2D eigenvalue weighted by Crippen LogP contribution is 2.23. The standard InChI is InChI=1S/C51H66N10O14/c1-27(62)40(47(70)57-38(26-29-8-4-3-5-9-29)45(68)56-37(51(74)75)11-7-25-53)59-49(72)42(31-14-20-34(65)21-15-31)61-50(73)43(32-16-22-35(66)23-17-32)60-48(71)41(28(2)63)58-44(67)36(10-6-24-52)55-46(69)39(54)30-12-18-33(64)19-13-30/h3-5,8-9,12-23,27-28,36-43,62-66H,6-7,10-11,24-26,52-54H2,1-2H3,(H,55,69)(H,56,68)(H,57,70)(H,58,67)(H,59,72)(H,60,71)(H,61,73)(H,74,75)/t27-,28+,36+,37+,38-,39+,40-,41+,42+,43-/m0/s1. The van der Waals surface area contributed by atoms with Crippen molar-refractivity contribution in [2.45, 2.75) is 106 Å². The van der Waals surface area contributed by atoms with Gasteiger partial charge in [0.15, 0.2) is 0 Å². The number of phenolic OH excluding ortho intramolecular Hbond substituents is 3. The van der Waals surface area contributed by atoms with Crippen molar-refractivity contribution in [3.05, 3.63) is 125 Å². The molecule has 4 rings (SSSR count). The van der Waals surface area contributed by atoms with Crippen LogP contribution in [0.25, 0.3) is 0 Å². The second kappa shape index (κ2) is 28.9. The van der Waals surface area contributed by atoms with E-state index in [1.165, 1.54) is 79.7 Å². The molecule has 0 spiro atoms. The summed E-state index contributed by atoms with van der Waals surface area (Å²) in [6, 6.07) is 11.0. The van der Waals surface area contributed by atoms with Crippen molar-refractivity contribution in [3.63, 3.8) is 0 Å².